The van der Waals surface area contributed by atoms with E-state index in [4.69, 9.17) is 4.42 Å². The fraction of sp³-hybridized carbons (Fsp3) is 0.300. The summed E-state index contributed by atoms with van der Waals surface area (Å²) in [6.45, 7) is 3.92. The summed E-state index contributed by atoms with van der Waals surface area (Å²) in [7, 11) is 0. The van der Waals surface area contributed by atoms with Crippen LogP contribution in [0.1, 0.15) is 25.7 Å². The molecule has 0 spiro atoms. The van der Waals surface area contributed by atoms with Gasteiger partial charge in [0.25, 0.3) is 0 Å². The molecule has 0 radical (unpaired) electrons. The van der Waals surface area contributed by atoms with E-state index in [1.807, 2.05) is 13.8 Å². The van der Waals surface area contributed by atoms with E-state index in [1.165, 1.54) is 6.07 Å². The highest BCUT2D eigenvalue weighted by atomic mass is 19.1. The van der Waals surface area contributed by atoms with Crippen LogP contribution in [-0.2, 0) is 0 Å². The maximum absolute atomic E-state index is 13.1. The maximum atomic E-state index is 13.1. The van der Waals surface area contributed by atoms with Crippen LogP contribution in [0.3, 0.4) is 0 Å². The minimum absolute atomic E-state index is 0.187. The highest BCUT2D eigenvalue weighted by Gasteiger charge is 2.11. The summed E-state index contributed by atoms with van der Waals surface area (Å²) in [5, 5.41) is 0. The van der Waals surface area contributed by atoms with Crippen LogP contribution in [0.4, 0.5) is 4.39 Å². The Morgan fingerprint density at radius 1 is 1.38 bits per heavy atom. The lowest BCUT2D eigenvalue weighted by molar-refractivity contribution is 0.501. The molecule has 2 nitrogen and oxygen atoms in total. The highest BCUT2D eigenvalue weighted by Crippen LogP contribution is 2.22. The Hall–Kier alpha value is -1.38. The topological polar surface area (TPSA) is 26.0 Å². The summed E-state index contributed by atoms with van der Waals surface area (Å²) in [6.07, 6.45) is 0. The number of rotatable bonds is 1. The number of oxazole rings is 1. The normalized spacial score (nSPS) is 11.4. The van der Waals surface area contributed by atoms with Crippen LogP contribution in [0.2, 0.25) is 0 Å². The Kier molecular flexibility index (Phi) is 1.79. The van der Waals surface area contributed by atoms with Crippen molar-refractivity contribution in [2.24, 2.45) is 0 Å². The van der Waals surface area contributed by atoms with E-state index >= 15 is 0 Å². The van der Waals surface area contributed by atoms with Gasteiger partial charge in [0.2, 0.25) is 0 Å². The molecule has 13 heavy (non-hydrogen) atoms. The van der Waals surface area contributed by atoms with Gasteiger partial charge in [-0.1, -0.05) is 19.9 Å². The Balaban J connectivity index is 2.68. The number of nitrogens with zero attached hydrogens (tertiary/aromatic N) is 1. The number of halogens is 1. The van der Waals surface area contributed by atoms with E-state index in [9.17, 15) is 4.39 Å². The Bertz CT molecular complexity index is 433. The smallest absolute Gasteiger partial charge is 0.198 e. The van der Waals surface area contributed by atoms with Gasteiger partial charge in [-0.2, -0.15) is 0 Å². The van der Waals surface area contributed by atoms with Crippen LogP contribution in [0.5, 0.6) is 0 Å². The third-order valence-corrected chi connectivity index (χ3v) is 1.88. The van der Waals surface area contributed by atoms with Gasteiger partial charge in [0, 0.05) is 5.92 Å². The maximum Gasteiger partial charge on any atom is 0.198 e. The van der Waals surface area contributed by atoms with Gasteiger partial charge in [-0.15, -0.1) is 0 Å². The molecule has 3 heteroatoms. The van der Waals surface area contributed by atoms with Gasteiger partial charge >= 0.3 is 0 Å². The molecular formula is C10H10FNO. The lowest BCUT2D eigenvalue weighted by Crippen LogP contribution is -1.85. The van der Waals surface area contributed by atoms with Crippen molar-refractivity contribution in [3.8, 4) is 0 Å². The van der Waals surface area contributed by atoms with Gasteiger partial charge in [0.15, 0.2) is 17.3 Å². The predicted molar refractivity (Wildman–Crippen MR) is 48.1 cm³/mol. The van der Waals surface area contributed by atoms with E-state index in [-0.39, 0.29) is 11.7 Å². The summed E-state index contributed by atoms with van der Waals surface area (Å²) in [5.74, 6) is 0.444. The fourth-order valence-corrected chi connectivity index (χ4v) is 1.18. The van der Waals surface area contributed by atoms with Crippen LogP contribution in [-0.4, -0.2) is 4.98 Å². The first kappa shape index (κ1) is 8.23. The third kappa shape index (κ3) is 1.30. The van der Waals surface area contributed by atoms with E-state index in [0.717, 1.165) is 0 Å². The molecule has 0 aliphatic rings. The van der Waals surface area contributed by atoms with Gasteiger partial charge in [-0.05, 0) is 12.1 Å². The van der Waals surface area contributed by atoms with Gasteiger partial charge in [-0.25, -0.2) is 9.37 Å². The average Bonchev–Trinajstić information content (AvgIpc) is 2.49. The zero-order chi connectivity index (χ0) is 9.42. The van der Waals surface area contributed by atoms with Crippen molar-refractivity contribution in [3.05, 3.63) is 29.9 Å². The number of aromatic nitrogens is 1. The molecule has 2 rings (SSSR count). The predicted octanol–water partition coefficient (Wildman–Crippen LogP) is 3.09. The SMILES string of the molecule is CC(C)c1nc2c(F)cccc2o1. The largest absolute Gasteiger partial charge is 0.440 e. The summed E-state index contributed by atoms with van der Waals surface area (Å²) >= 11 is 0. The van der Waals surface area contributed by atoms with E-state index in [0.29, 0.717) is 17.0 Å². The van der Waals surface area contributed by atoms with Crippen molar-refractivity contribution in [3.63, 3.8) is 0 Å². The van der Waals surface area contributed by atoms with Crippen molar-refractivity contribution in [1.82, 2.24) is 4.98 Å². The number of fused-ring (bicyclic) bond motifs is 1. The molecule has 0 fully saturated rings. The summed E-state index contributed by atoms with van der Waals surface area (Å²) in [6, 6.07) is 4.72. The Morgan fingerprint density at radius 3 is 2.77 bits per heavy atom. The molecule has 1 heterocycles. The monoisotopic (exact) mass is 179 g/mol. The Labute approximate surface area is 75.4 Å². The van der Waals surface area contributed by atoms with Crippen molar-refractivity contribution in [1.29, 1.82) is 0 Å². The molecule has 0 saturated heterocycles. The number of para-hydroxylation sites is 1. The second-order valence-electron chi connectivity index (χ2n) is 3.29. The average molecular weight is 179 g/mol. The number of benzene rings is 1. The van der Waals surface area contributed by atoms with Gasteiger partial charge in [-0.3, -0.25) is 0 Å². The first-order valence-corrected chi connectivity index (χ1v) is 4.23. The molecule has 1 aromatic heterocycles. The Morgan fingerprint density at radius 2 is 2.15 bits per heavy atom. The minimum Gasteiger partial charge on any atom is -0.440 e. The van der Waals surface area contributed by atoms with E-state index < -0.39 is 0 Å². The first-order valence-electron chi connectivity index (χ1n) is 4.23. The zero-order valence-electron chi connectivity index (χ0n) is 7.54. The third-order valence-electron chi connectivity index (χ3n) is 1.88. The molecule has 0 atom stereocenters. The quantitative estimate of drug-likeness (QED) is 0.672. The first-order chi connectivity index (χ1) is 6.18. The van der Waals surface area contributed by atoms with Crippen LogP contribution in [0, 0.1) is 5.82 Å². The molecule has 0 amide bonds. The molecule has 1 aromatic carbocycles. The number of hydrogen-bond acceptors (Lipinski definition) is 2. The van der Waals surface area contributed by atoms with Crippen LogP contribution < -0.4 is 0 Å². The molecule has 0 unspecified atom stereocenters. The molecule has 0 saturated carbocycles. The van der Waals surface area contributed by atoms with Gasteiger partial charge in [0.1, 0.15) is 5.52 Å². The molecule has 0 aliphatic heterocycles. The number of hydrogen-bond donors (Lipinski definition) is 0. The highest BCUT2D eigenvalue weighted by molar-refractivity contribution is 5.73. The molecule has 0 bridgehead atoms. The lowest BCUT2D eigenvalue weighted by Gasteiger charge is -1.93. The van der Waals surface area contributed by atoms with E-state index in [1.54, 1.807) is 12.1 Å². The second kappa shape index (κ2) is 2.83. The van der Waals surface area contributed by atoms with Crippen LogP contribution in [0.15, 0.2) is 22.6 Å². The zero-order valence-corrected chi connectivity index (χ0v) is 7.54. The lowest BCUT2D eigenvalue weighted by atomic mass is 10.2. The molecule has 0 N–H and O–H groups in total. The summed E-state index contributed by atoms with van der Waals surface area (Å²) in [5.41, 5.74) is 0.843. The van der Waals surface area contributed by atoms with Crippen LogP contribution >= 0.6 is 0 Å². The minimum atomic E-state index is -0.326. The van der Waals surface area contributed by atoms with E-state index in [2.05, 4.69) is 4.98 Å². The molecule has 68 valence electrons. The van der Waals surface area contributed by atoms with Crippen LogP contribution in [0.25, 0.3) is 11.1 Å². The molecule has 2 aromatic rings. The second-order valence-corrected chi connectivity index (χ2v) is 3.29. The van der Waals surface area contributed by atoms with Crippen molar-refractivity contribution < 1.29 is 8.81 Å². The summed E-state index contributed by atoms with van der Waals surface area (Å²) < 4.78 is 18.5. The van der Waals surface area contributed by atoms with Crippen molar-refractivity contribution in [2.45, 2.75) is 19.8 Å². The summed E-state index contributed by atoms with van der Waals surface area (Å²) in [4.78, 5) is 4.07. The van der Waals surface area contributed by atoms with Gasteiger partial charge < -0.3 is 4.42 Å². The standard InChI is InChI=1S/C10H10FNO/c1-6(2)10-12-9-7(11)4-3-5-8(9)13-10/h3-6H,1-2H3. The molecule has 0 aliphatic carbocycles. The van der Waals surface area contributed by atoms with Gasteiger partial charge in [0.05, 0.1) is 0 Å². The molecular weight excluding hydrogens is 169 g/mol. The fourth-order valence-electron chi connectivity index (χ4n) is 1.18. The van der Waals surface area contributed by atoms with Crippen molar-refractivity contribution in [2.75, 3.05) is 0 Å². The van der Waals surface area contributed by atoms with Crippen molar-refractivity contribution >= 4 is 11.1 Å².